The van der Waals surface area contributed by atoms with Gasteiger partial charge in [0.05, 0.1) is 4.90 Å². The van der Waals surface area contributed by atoms with Crippen LogP contribution in [-0.4, -0.2) is 31.5 Å². The van der Waals surface area contributed by atoms with Crippen LogP contribution in [0.5, 0.6) is 0 Å². The molecule has 5 nitrogen and oxygen atoms in total. The van der Waals surface area contributed by atoms with E-state index in [0.29, 0.717) is 30.8 Å². The summed E-state index contributed by atoms with van der Waals surface area (Å²) in [6.45, 7) is 1.01. The normalized spacial score (nSPS) is 22.8. The van der Waals surface area contributed by atoms with Crippen molar-refractivity contribution in [1.82, 2.24) is 4.31 Å². The summed E-state index contributed by atoms with van der Waals surface area (Å²) < 4.78 is 26.1. The zero-order chi connectivity index (χ0) is 11.9. The summed E-state index contributed by atoms with van der Waals surface area (Å²) >= 11 is 0. The lowest BCUT2D eigenvalue weighted by Crippen LogP contribution is -2.41. The van der Waals surface area contributed by atoms with Gasteiger partial charge in [-0.2, -0.15) is 14.5 Å². The van der Waals surface area contributed by atoms with E-state index >= 15 is 0 Å². The van der Waals surface area contributed by atoms with Crippen molar-refractivity contribution >= 4 is 10.0 Å². The molecule has 0 bridgehead atoms. The summed E-state index contributed by atoms with van der Waals surface area (Å²) in [5.74, 6) is 0. The summed E-state index contributed by atoms with van der Waals surface area (Å²) in [5.41, 5.74) is -0.233. The largest absolute Gasteiger partial charge is 0.243 e. The molecular weight excluding hydrogens is 238 g/mol. The Kier molecular flexibility index (Phi) is 2.31. The highest BCUT2D eigenvalue weighted by atomic mass is 32.2. The fraction of sp³-hybridized carbons (Fsp3) is 0.455. The number of hydrogen-bond donors (Lipinski definition) is 0. The lowest BCUT2D eigenvalue weighted by molar-refractivity contribution is 0.295. The van der Waals surface area contributed by atoms with Gasteiger partial charge in [0.1, 0.15) is 0 Å². The van der Waals surface area contributed by atoms with Crippen LogP contribution in [0.3, 0.4) is 0 Å². The summed E-state index contributed by atoms with van der Waals surface area (Å²) in [4.78, 5) is 0.362. The maximum Gasteiger partial charge on any atom is 0.243 e. The maximum atomic E-state index is 12.3. The molecule has 0 atom stereocenters. The van der Waals surface area contributed by atoms with Crippen LogP contribution in [0.25, 0.3) is 0 Å². The minimum absolute atomic E-state index is 0.233. The van der Waals surface area contributed by atoms with Gasteiger partial charge >= 0.3 is 0 Å². The van der Waals surface area contributed by atoms with Crippen LogP contribution < -0.4 is 0 Å². The van der Waals surface area contributed by atoms with Gasteiger partial charge in [-0.3, -0.25) is 0 Å². The fourth-order valence-electron chi connectivity index (χ4n) is 2.10. The highest BCUT2D eigenvalue weighted by Crippen LogP contribution is 2.39. The molecule has 6 heteroatoms. The molecule has 1 fully saturated rings. The molecule has 3 rings (SSSR count). The number of benzene rings is 1. The van der Waals surface area contributed by atoms with E-state index in [1.165, 1.54) is 4.31 Å². The first kappa shape index (κ1) is 10.9. The van der Waals surface area contributed by atoms with Gasteiger partial charge in [0.2, 0.25) is 10.0 Å². The first-order chi connectivity index (χ1) is 8.12. The van der Waals surface area contributed by atoms with Crippen LogP contribution >= 0.6 is 0 Å². The summed E-state index contributed by atoms with van der Waals surface area (Å²) in [7, 11) is -3.33. The van der Waals surface area contributed by atoms with Gasteiger partial charge in [-0.25, -0.2) is 8.42 Å². The Morgan fingerprint density at radius 2 is 1.65 bits per heavy atom. The first-order valence-electron chi connectivity index (χ1n) is 5.62. The van der Waals surface area contributed by atoms with Crippen molar-refractivity contribution < 1.29 is 8.42 Å². The predicted molar refractivity (Wildman–Crippen MR) is 62.0 cm³/mol. The molecule has 0 N–H and O–H groups in total. The molecule has 1 spiro atoms. The van der Waals surface area contributed by atoms with Gasteiger partial charge in [-0.05, 0) is 12.1 Å². The number of piperidine rings is 1. The quantitative estimate of drug-likeness (QED) is 0.802. The zero-order valence-corrected chi connectivity index (χ0v) is 10.1. The van der Waals surface area contributed by atoms with Crippen molar-refractivity contribution in [2.75, 3.05) is 13.1 Å². The fourth-order valence-corrected chi connectivity index (χ4v) is 3.56. The molecule has 2 heterocycles. The van der Waals surface area contributed by atoms with Crippen LogP contribution in [-0.2, 0) is 10.0 Å². The molecule has 0 aliphatic carbocycles. The Labute approximate surface area is 100 Å². The smallest absolute Gasteiger partial charge is 0.207 e. The Morgan fingerprint density at radius 1 is 1.06 bits per heavy atom. The van der Waals surface area contributed by atoms with Gasteiger partial charge in [-0.15, -0.1) is 0 Å². The van der Waals surface area contributed by atoms with E-state index < -0.39 is 10.0 Å². The van der Waals surface area contributed by atoms with E-state index in [1.807, 2.05) is 6.07 Å². The van der Waals surface area contributed by atoms with Gasteiger partial charge in [0.25, 0.3) is 0 Å². The second kappa shape index (κ2) is 3.61. The first-order valence-corrected chi connectivity index (χ1v) is 7.06. The molecule has 0 saturated carbocycles. The summed E-state index contributed by atoms with van der Waals surface area (Å²) in [5, 5.41) is 7.97. The minimum atomic E-state index is -3.33. The molecule has 90 valence electrons. The molecule has 1 aromatic carbocycles. The third-order valence-electron chi connectivity index (χ3n) is 3.29. The third kappa shape index (κ3) is 1.87. The SMILES string of the molecule is O=S(=O)(c1ccccc1)N1CCC2(CC1)N=N2. The van der Waals surface area contributed by atoms with Crippen molar-refractivity contribution in [2.24, 2.45) is 10.2 Å². The molecule has 2 aliphatic heterocycles. The lowest BCUT2D eigenvalue weighted by Gasteiger charge is -2.28. The molecular formula is C11H13N3O2S. The van der Waals surface area contributed by atoms with Gasteiger partial charge < -0.3 is 0 Å². The summed E-state index contributed by atoms with van der Waals surface area (Å²) in [6.07, 6.45) is 1.41. The van der Waals surface area contributed by atoms with Crippen molar-refractivity contribution in [1.29, 1.82) is 0 Å². The Balaban J connectivity index is 1.80. The van der Waals surface area contributed by atoms with Crippen molar-refractivity contribution in [3.8, 4) is 0 Å². The zero-order valence-electron chi connectivity index (χ0n) is 9.28. The van der Waals surface area contributed by atoms with E-state index in [1.54, 1.807) is 24.3 Å². The van der Waals surface area contributed by atoms with Crippen molar-refractivity contribution in [3.05, 3.63) is 30.3 Å². The van der Waals surface area contributed by atoms with Crippen LogP contribution in [0.1, 0.15) is 12.8 Å². The highest BCUT2D eigenvalue weighted by Gasteiger charge is 2.45. The Morgan fingerprint density at radius 3 is 2.18 bits per heavy atom. The number of hydrogen-bond acceptors (Lipinski definition) is 4. The average Bonchev–Trinajstić information content (AvgIpc) is 3.10. The van der Waals surface area contributed by atoms with E-state index in [9.17, 15) is 8.42 Å². The lowest BCUT2D eigenvalue weighted by atomic mass is 10.0. The molecule has 0 unspecified atom stereocenters. The number of rotatable bonds is 2. The van der Waals surface area contributed by atoms with E-state index in [2.05, 4.69) is 10.2 Å². The van der Waals surface area contributed by atoms with Crippen LogP contribution in [0.2, 0.25) is 0 Å². The Bertz CT molecular complexity index is 537. The van der Waals surface area contributed by atoms with Gasteiger partial charge in [0, 0.05) is 25.9 Å². The molecule has 0 radical (unpaired) electrons. The van der Waals surface area contributed by atoms with Crippen LogP contribution in [0.15, 0.2) is 45.5 Å². The number of nitrogens with zero attached hydrogens (tertiary/aromatic N) is 3. The highest BCUT2D eigenvalue weighted by molar-refractivity contribution is 7.89. The second-order valence-electron chi connectivity index (χ2n) is 4.40. The minimum Gasteiger partial charge on any atom is -0.207 e. The molecule has 1 saturated heterocycles. The van der Waals surface area contributed by atoms with E-state index in [-0.39, 0.29) is 5.66 Å². The average molecular weight is 251 g/mol. The van der Waals surface area contributed by atoms with Crippen LogP contribution in [0.4, 0.5) is 0 Å². The molecule has 1 aromatic rings. The predicted octanol–water partition coefficient (Wildman–Crippen LogP) is 1.63. The van der Waals surface area contributed by atoms with E-state index in [0.717, 1.165) is 0 Å². The van der Waals surface area contributed by atoms with Crippen LogP contribution in [0, 0.1) is 0 Å². The maximum absolute atomic E-state index is 12.3. The van der Waals surface area contributed by atoms with Gasteiger partial charge in [0.15, 0.2) is 5.66 Å². The standard InChI is InChI=1S/C11H13N3O2S/c15-17(16,10-4-2-1-3-5-10)14-8-6-11(7-9-14)12-13-11/h1-5H,6-9H2. The molecule has 0 aromatic heterocycles. The van der Waals surface area contributed by atoms with E-state index in [4.69, 9.17) is 0 Å². The second-order valence-corrected chi connectivity index (χ2v) is 6.34. The molecule has 0 amide bonds. The van der Waals surface area contributed by atoms with Crippen molar-refractivity contribution in [2.45, 2.75) is 23.4 Å². The topological polar surface area (TPSA) is 62.1 Å². The molecule has 2 aliphatic rings. The molecule has 17 heavy (non-hydrogen) atoms. The van der Waals surface area contributed by atoms with Crippen molar-refractivity contribution in [3.63, 3.8) is 0 Å². The monoisotopic (exact) mass is 251 g/mol. The Hall–Kier alpha value is -1.27. The summed E-state index contributed by atoms with van der Waals surface area (Å²) in [6, 6.07) is 8.55. The van der Waals surface area contributed by atoms with Gasteiger partial charge in [-0.1, -0.05) is 18.2 Å². The third-order valence-corrected chi connectivity index (χ3v) is 5.20. The number of sulfonamides is 1.